The molecule has 0 fully saturated rings. The van der Waals surface area contributed by atoms with Crippen LogP contribution in [0.1, 0.15) is 18.9 Å². The molecule has 0 amide bonds. The minimum atomic E-state index is -0.950. The van der Waals surface area contributed by atoms with Gasteiger partial charge in [-0.15, -0.1) is 0 Å². The fourth-order valence-electron chi connectivity index (χ4n) is 1.78. The quantitative estimate of drug-likeness (QED) is 0.727. The van der Waals surface area contributed by atoms with Gasteiger partial charge in [0.1, 0.15) is 11.4 Å². The summed E-state index contributed by atoms with van der Waals surface area (Å²) in [6.07, 6.45) is 2.75. The number of carbonyl (C=O) groups excluding carboxylic acids is 1. The Morgan fingerprint density at radius 2 is 2.06 bits per heavy atom. The number of carbonyl (C=O) groups is 1. The van der Waals surface area contributed by atoms with Gasteiger partial charge in [0.25, 0.3) is 0 Å². The Morgan fingerprint density at radius 1 is 1.35 bits per heavy atom. The van der Waals surface area contributed by atoms with Crippen molar-refractivity contribution >= 4 is 29.0 Å². The number of rotatable bonds is 1. The molecule has 0 radical (unpaired) electrons. The van der Waals surface area contributed by atoms with Gasteiger partial charge in [-0.05, 0) is 19.1 Å². The van der Waals surface area contributed by atoms with E-state index in [4.69, 9.17) is 27.9 Å². The Hall–Kier alpha value is -1.06. The number of benzene rings is 1. The molecule has 0 bridgehead atoms. The van der Waals surface area contributed by atoms with Crippen molar-refractivity contribution in [2.45, 2.75) is 18.9 Å². The molecule has 1 aliphatic heterocycles. The van der Waals surface area contributed by atoms with Crippen molar-refractivity contribution < 1.29 is 13.9 Å². The SMILES string of the molecule is CC1(c2cc(F)c(Cl)cc2Cl)CC(=O)C=CO1. The van der Waals surface area contributed by atoms with Crippen LogP contribution in [0.25, 0.3) is 0 Å². The molecule has 90 valence electrons. The van der Waals surface area contributed by atoms with E-state index in [1.807, 2.05) is 0 Å². The molecule has 1 heterocycles. The summed E-state index contributed by atoms with van der Waals surface area (Å²) in [5.74, 6) is -0.678. The molecule has 0 saturated carbocycles. The fraction of sp³-hybridized carbons (Fsp3) is 0.250. The van der Waals surface area contributed by atoms with Crippen LogP contribution in [-0.2, 0) is 15.1 Å². The van der Waals surface area contributed by atoms with Crippen LogP contribution < -0.4 is 0 Å². The summed E-state index contributed by atoms with van der Waals surface area (Å²) in [7, 11) is 0. The smallest absolute Gasteiger partial charge is 0.163 e. The molecule has 1 atom stereocenters. The van der Waals surface area contributed by atoms with E-state index < -0.39 is 11.4 Å². The van der Waals surface area contributed by atoms with Crippen molar-refractivity contribution in [2.75, 3.05) is 0 Å². The molecule has 2 nitrogen and oxygen atoms in total. The van der Waals surface area contributed by atoms with E-state index in [1.54, 1.807) is 6.92 Å². The van der Waals surface area contributed by atoms with E-state index in [0.717, 1.165) is 0 Å². The molecule has 1 unspecified atom stereocenters. The summed E-state index contributed by atoms with van der Waals surface area (Å²) in [5, 5.41) is 0.224. The van der Waals surface area contributed by atoms with Gasteiger partial charge in [0, 0.05) is 16.7 Å². The zero-order valence-corrected chi connectivity index (χ0v) is 10.5. The minimum absolute atomic E-state index is 0.0555. The van der Waals surface area contributed by atoms with Crippen molar-refractivity contribution in [1.29, 1.82) is 0 Å². The van der Waals surface area contributed by atoms with Crippen molar-refractivity contribution in [1.82, 2.24) is 0 Å². The summed E-state index contributed by atoms with van der Waals surface area (Å²) in [4.78, 5) is 11.4. The van der Waals surface area contributed by atoms with Gasteiger partial charge in [0.2, 0.25) is 0 Å². The van der Waals surface area contributed by atoms with Crippen LogP contribution in [0.2, 0.25) is 10.0 Å². The van der Waals surface area contributed by atoms with Crippen molar-refractivity contribution in [3.63, 3.8) is 0 Å². The Balaban J connectivity index is 2.50. The molecule has 17 heavy (non-hydrogen) atoms. The van der Waals surface area contributed by atoms with Gasteiger partial charge in [-0.25, -0.2) is 4.39 Å². The lowest BCUT2D eigenvalue weighted by Gasteiger charge is -2.31. The number of halogens is 3. The normalized spacial score (nSPS) is 23.6. The number of ketones is 1. The van der Waals surface area contributed by atoms with Crippen molar-refractivity contribution in [3.8, 4) is 0 Å². The first kappa shape index (κ1) is 12.4. The molecule has 2 rings (SSSR count). The maximum Gasteiger partial charge on any atom is 0.163 e. The fourth-order valence-corrected chi connectivity index (χ4v) is 2.36. The van der Waals surface area contributed by atoms with Crippen LogP contribution >= 0.6 is 23.2 Å². The predicted octanol–water partition coefficient (Wildman–Crippen LogP) is 3.85. The monoisotopic (exact) mass is 274 g/mol. The Kier molecular flexibility index (Phi) is 3.15. The molecule has 5 heteroatoms. The molecular weight excluding hydrogens is 266 g/mol. The molecule has 0 saturated heterocycles. The van der Waals surface area contributed by atoms with Crippen LogP contribution in [0.5, 0.6) is 0 Å². The Morgan fingerprint density at radius 3 is 2.71 bits per heavy atom. The van der Waals surface area contributed by atoms with E-state index in [9.17, 15) is 9.18 Å². The lowest BCUT2D eigenvalue weighted by atomic mass is 9.89. The second-order valence-corrected chi connectivity index (χ2v) is 4.86. The van der Waals surface area contributed by atoms with Gasteiger partial charge in [-0.1, -0.05) is 23.2 Å². The largest absolute Gasteiger partial charge is 0.490 e. The predicted molar refractivity (Wildman–Crippen MR) is 63.6 cm³/mol. The lowest BCUT2D eigenvalue weighted by molar-refractivity contribution is -0.122. The highest BCUT2D eigenvalue weighted by Crippen LogP contribution is 2.38. The average Bonchev–Trinajstić information content (AvgIpc) is 2.23. The zero-order chi connectivity index (χ0) is 12.6. The molecule has 0 aliphatic carbocycles. The van der Waals surface area contributed by atoms with E-state index in [-0.39, 0.29) is 22.2 Å². The van der Waals surface area contributed by atoms with Gasteiger partial charge < -0.3 is 4.74 Å². The van der Waals surface area contributed by atoms with Gasteiger partial charge in [-0.2, -0.15) is 0 Å². The standard InChI is InChI=1S/C12H9Cl2FO2/c1-12(6-7(16)2-3-17-12)8-4-11(15)10(14)5-9(8)13/h2-5H,6H2,1H3. The number of allylic oxidation sites excluding steroid dienone is 1. The maximum absolute atomic E-state index is 13.4. The zero-order valence-electron chi connectivity index (χ0n) is 8.97. The summed E-state index contributed by atoms with van der Waals surface area (Å²) in [6.45, 7) is 1.68. The van der Waals surface area contributed by atoms with E-state index >= 15 is 0 Å². The first-order chi connectivity index (χ1) is 7.92. The molecule has 0 aromatic heterocycles. The lowest BCUT2D eigenvalue weighted by Crippen LogP contribution is -2.30. The molecule has 1 aromatic rings. The van der Waals surface area contributed by atoms with Crippen LogP contribution in [0, 0.1) is 5.82 Å². The van der Waals surface area contributed by atoms with E-state index in [0.29, 0.717) is 5.56 Å². The van der Waals surface area contributed by atoms with Crippen LogP contribution in [0.4, 0.5) is 4.39 Å². The summed E-state index contributed by atoms with van der Waals surface area (Å²) >= 11 is 11.6. The highest BCUT2D eigenvalue weighted by Gasteiger charge is 2.35. The van der Waals surface area contributed by atoms with Crippen molar-refractivity contribution in [2.24, 2.45) is 0 Å². The van der Waals surface area contributed by atoms with Gasteiger partial charge in [-0.3, -0.25) is 4.79 Å². The van der Waals surface area contributed by atoms with Gasteiger partial charge in [0.15, 0.2) is 5.78 Å². The van der Waals surface area contributed by atoms with Gasteiger partial charge in [0.05, 0.1) is 17.7 Å². The molecule has 1 aliphatic rings. The number of hydrogen-bond acceptors (Lipinski definition) is 2. The molecule has 0 spiro atoms. The summed E-state index contributed by atoms with van der Waals surface area (Å²) < 4.78 is 18.8. The van der Waals surface area contributed by atoms with Crippen LogP contribution in [0.15, 0.2) is 24.5 Å². The minimum Gasteiger partial charge on any atom is -0.490 e. The summed E-state index contributed by atoms with van der Waals surface area (Å²) in [5.41, 5.74) is -0.535. The second-order valence-electron chi connectivity index (χ2n) is 4.04. The van der Waals surface area contributed by atoms with Gasteiger partial charge >= 0.3 is 0 Å². The average molecular weight is 275 g/mol. The number of ether oxygens (including phenoxy) is 1. The first-order valence-electron chi connectivity index (χ1n) is 4.94. The topological polar surface area (TPSA) is 26.3 Å². The molecule has 1 aromatic carbocycles. The number of hydrogen-bond donors (Lipinski definition) is 0. The molecule has 0 N–H and O–H groups in total. The van der Waals surface area contributed by atoms with E-state index in [1.165, 1.54) is 24.5 Å². The van der Waals surface area contributed by atoms with Crippen LogP contribution in [-0.4, -0.2) is 5.78 Å². The third-order valence-electron chi connectivity index (χ3n) is 2.67. The third kappa shape index (κ3) is 2.31. The summed E-state index contributed by atoms with van der Waals surface area (Å²) in [6, 6.07) is 2.52. The second kappa shape index (κ2) is 4.31. The van der Waals surface area contributed by atoms with E-state index in [2.05, 4.69) is 0 Å². The van der Waals surface area contributed by atoms with Crippen LogP contribution in [0.3, 0.4) is 0 Å². The highest BCUT2D eigenvalue weighted by molar-refractivity contribution is 6.35. The molecular formula is C12H9Cl2FO2. The Bertz CT molecular complexity index is 513. The maximum atomic E-state index is 13.4. The first-order valence-corrected chi connectivity index (χ1v) is 5.70. The van der Waals surface area contributed by atoms with Crippen molar-refractivity contribution in [3.05, 3.63) is 45.9 Å². The third-order valence-corrected chi connectivity index (χ3v) is 3.28. The highest BCUT2D eigenvalue weighted by atomic mass is 35.5. The Labute approximate surface area is 108 Å².